The minimum absolute atomic E-state index is 0.00509. The smallest absolute Gasteiger partial charge is 0.0745 e. The maximum atomic E-state index is 11.4. The number of rotatable bonds is 3. The molecule has 19 heavy (non-hydrogen) atoms. The highest BCUT2D eigenvalue weighted by molar-refractivity contribution is 5.10. The fourth-order valence-corrected chi connectivity index (χ4v) is 5.19. The van der Waals surface area contributed by atoms with Crippen LogP contribution in [0.1, 0.15) is 64.7 Å². The summed E-state index contributed by atoms with van der Waals surface area (Å²) in [7, 11) is 0. The van der Waals surface area contributed by atoms with Gasteiger partial charge in [-0.1, -0.05) is 26.2 Å². The zero-order valence-electron chi connectivity index (χ0n) is 12.3. The number of piperidine rings is 1. The zero-order valence-corrected chi connectivity index (χ0v) is 12.3. The van der Waals surface area contributed by atoms with Gasteiger partial charge in [-0.05, 0) is 44.4 Å². The Hall–Kier alpha value is -0.120. The monoisotopic (exact) mass is 266 g/mol. The molecule has 0 amide bonds. The van der Waals surface area contributed by atoms with Gasteiger partial charge in [-0.15, -0.1) is 0 Å². The molecule has 3 rings (SSSR count). The lowest BCUT2D eigenvalue weighted by Crippen LogP contribution is -2.61. The normalized spacial score (nSPS) is 50.4. The fourth-order valence-electron chi connectivity index (χ4n) is 5.19. The van der Waals surface area contributed by atoms with Crippen LogP contribution in [-0.2, 0) is 0 Å². The summed E-state index contributed by atoms with van der Waals surface area (Å²) in [6, 6.07) is 1.07. The fraction of sp³-hybridized carbons (Fsp3) is 1.00. The van der Waals surface area contributed by atoms with E-state index >= 15 is 0 Å². The molecule has 110 valence electrons. The Kier molecular flexibility index (Phi) is 3.65. The van der Waals surface area contributed by atoms with Gasteiger partial charge in [-0.3, -0.25) is 0 Å². The highest BCUT2D eigenvalue weighted by Crippen LogP contribution is 2.53. The molecular formula is C16H30N2O. The van der Waals surface area contributed by atoms with Crippen molar-refractivity contribution in [2.75, 3.05) is 6.54 Å². The summed E-state index contributed by atoms with van der Waals surface area (Å²) in [5, 5.41) is 15.1. The highest BCUT2D eigenvalue weighted by atomic mass is 16.3. The first-order valence-electron chi connectivity index (χ1n) is 8.29. The average molecular weight is 266 g/mol. The number of hydrogen-bond donors (Lipinski definition) is 3. The van der Waals surface area contributed by atoms with E-state index in [2.05, 4.69) is 12.2 Å². The van der Waals surface area contributed by atoms with E-state index in [0.29, 0.717) is 18.6 Å². The second kappa shape index (κ2) is 5.01. The molecule has 2 saturated heterocycles. The van der Waals surface area contributed by atoms with Crippen molar-refractivity contribution < 1.29 is 5.11 Å². The van der Waals surface area contributed by atoms with Crippen molar-refractivity contribution in [2.45, 2.75) is 82.4 Å². The van der Waals surface area contributed by atoms with Gasteiger partial charge in [0, 0.05) is 24.0 Å². The predicted molar refractivity (Wildman–Crippen MR) is 77.9 cm³/mol. The van der Waals surface area contributed by atoms with E-state index in [1.54, 1.807) is 0 Å². The van der Waals surface area contributed by atoms with E-state index in [1.165, 1.54) is 32.1 Å². The minimum Gasteiger partial charge on any atom is -0.389 e. The number of aliphatic hydroxyl groups is 1. The summed E-state index contributed by atoms with van der Waals surface area (Å²) in [5.41, 5.74) is 5.69. The molecule has 1 aliphatic carbocycles. The van der Waals surface area contributed by atoms with Crippen LogP contribution in [0.3, 0.4) is 0 Å². The average Bonchev–Trinajstić information content (AvgIpc) is 2.78. The molecule has 2 aliphatic heterocycles. The molecule has 0 aromatic rings. The lowest BCUT2D eigenvalue weighted by atomic mass is 9.57. The molecule has 0 spiro atoms. The third-order valence-corrected chi connectivity index (χ3v) is 6.41. The SMILES string of the molecule is CCC1CCCC(CN)(C2(O)CC3CCC(C2)N3)C1. The van der Waals surface area contributed by atoms with Crippen LogP contribution in [0.25, 0.3) is 0 Å². The maximum Gasteiger partial charge on any atom is 0.0745 e. The van der Waals surface area contributed by atoms with Gasteiger partial charge in [0.1, 0.15) is 0 Å². The van der Waals surface area contributed by atoms with Gasteiger partial charge in [-0.2, -0.15) is 0 Å². The van der Waals surface area contributed by atoms with E-state index in [1.807, 2.05) is 0 Å². The van der Waals surface area contributed by atoms with Gasteiger partial charge < -0.3 is 16.2 Å². The molecule has 2 bridgehead atoms. The van der Waals surface area contributed by atoms with Gasteiger partial charge in [-0.25, -0.2) is 0 Å². The standard InChI is InChI=1S/C16H30N2O/c1-2-12-4-3-7-15(8-12,11-17)16(19)9-13-5-6-14(10-16)18-13/h12-14,18-19H,2-11,17H2,1H3. The number of hydrogen-bond acceptors (Lipinski definition) is 3. The quantitative estimate of drug-likeness (QED) is 0.734. The minimum atomic E-state index is -0.507. The molecule has 3 heteroatoms. The van der Waals surface area contributed by atoms with Crippen LogP contribution in [0.15, 0.2) is 0 Å². The van der Waals surface area contributed by atoms with Crippen LogP contribution < -0.4 is 11.1 Å². The Bertz CT molecular complexity index is 321. The van der Waals surface area contributed by atoms with Gasteiger partial charge >= 0.3 is 0 Å². The first kappa shape index (κ1) is 13.8. The van der Waals surface area contributed by atoms with Crippen molar-refractivity contribution in [2.24, 2.45) is 17.1 Å². The Balaban J connectivity index is 1.84. The van der Waals surface area contributed by atoms with Crippen molar-refractivity contribution in [1.82, 2.24) is 5.32 Å². The zero-order chi connectivity index (χ0) is 13.5. The lowest BCUT2D eigenvalue weighted by Gasteiger charge is -2.54. The van der Waals surface area contributed by atoms with Gasteiger partial charge in [0.15, 0.2) is 0 Å². The molecular weight excluding hydrogens is 236 g/mol. The third kappa shape index (κ3) is 2.24. The van der Waals surface area contributed by atoms with E-state index in [0.717, 1.165) is 31.6 Å². The van der Waals surface area contributed by atoms with Crippen molar-refractivity contribution in [1.29, 1.82) is 0 Å². The lowest BCUT2D eigenvalue weighted by molar-refractivity contribution is -0.135. The van der Waals surface area contributed by atoms with Crippen molar-refractivity contribution in [3.8, 4) is 0 Å². The van der Waals surface area contributed by atoms with Crippen molar-refractivity contribution >= 4 is 0 Å². The Morgan fingerprint density at radius 2 is 1.84 bits per heavy atom. The summed E-state index contributed by atoms with van der Waals surface area (Å²) in [6.07, 6.45) is 10.4. The largest absolute Gasteiger partial charge is 0.389 e. The summed E-state index contributed by atoms with van der Waals surface area (Å²) in [5.74, 6) is 0.772. The van der Waals surface area contributed by atoms with Crippen LogP contribution in [0.5, 0.6) is 0 Å². The molecule has 1 saturated carbocycles. The topological polar surface area (TPSA) is 58.3 Å². The molecule has 0 radical (unpaired) electrons. The molecule has 3 aliphatic rings. The molecule has 0 aromatic carbocycles. The summed E-state index contributed by atoms with van der Waals surface area (Å²) >= 11 is 0. The molecule has 4 N–H and O–H groups in total. The van der Waals surface area contributed by atoms with Crippen molar-refractivity contribution in [3.63, 3.8) is 0 Å². The first-order chi connectivity index (χ1) is 9.11. The van der Waals surface area contributed by atoms with Crippen LogP contribution >= 0.6 is 0 Å². The van der Waals surface area contributed by atoms with Gasteiger partial charge in [0.05, 0.1) is 5.60 Å². The molecule has 2 heterocycles. The molecule has 4 unspecified atom stereocenters. The predicted octanol–water partition coefficient (Wildman–Crippen LogP) is 2.18. The van der Waals surface area contributed by atoms with Crippen LogP contribution in [0.2, 0.25) is 0 Å². The molecule has 3 nitrogen and oxygen atoms in total. The number of nitrogens with one attached hydrogen (secondary N) is 1. The second-order valence-electron chi connectivity index (χ2n) is 7.43. The molecule has 3 fully saturated rings. The third-order valence-electron chi connectivity index (χ3n) is 6.41. The van der Waals surface area contributed by atoms with E-state index in [-0.39, 0.29) is 5.41 Å². The Labute approximate surface area is 117 Å². The van der Waals surface area contributed by atoms with Crippen LogP contribution in [0.4, 0.5) is 0 Å². The summed E-state index contributed by atoms with van der Waals surface area (Å²) in [6.45, 7) is 2.95. The second-order valence-corrected chi connectivity index (χ2v) is 7.43. The van der Waals surface area contributed by atoms with Gasteiger partial charge in [0.2, 0.25) is 0 Å². The van der Waals surface area contributed by atoms with Crippen LogP contribution in [-0.4, -0.2) is 29.3 Å². The molecule has 0 aromatic heterocycles. The summed E-state index contributed by atoms with van der Waals surface area (Å²) < 4.78 is 0. The van der Waals surface area contributed by atoms with Crippen molar-refractivity contribution in [3.05, 3.63) is 0 Å². The highest BCUT2D eigenvalue weighted by Gasteiger charge is 2.55. The maximum absolute atomic E-state index is 11.4. The first-order valence-corrected chi connectivity index (χ1v) is 8.29. The van der Waals surface area contributed by atoms with E-state index in [4.69, 9.17) is 5.73 Å². The Morgan fingerprint density at radius 1 is 1.16 bits per heavy atom. The van der Waals surface area contributed by atoms with Gasteiger partial charge in [0.25, 0.3) is 0 Å². The summed E-state index contributed by atoms with van der Waals surface area (Å²) in [4.78, 5) is 0. The van der Waals surface area contributed by atoms with E-state index < -0.39 is 5.60 Å². The van der Waals surface area contributed by atoms with Crippen LogP contribution in [0, 0.1) is 11.3 Å². The number of fused-ring (bicyclic) bond motifs is 2. The number of nitrogens with two attached hydrogens (primary N) is 1. The Morgan fingerprint density at radius 3 is 2.42 bits per heavy atom. The molecule has 4 atom stereocenters. The van der Waals surface area contributed by atoms with E-state index in [9.17, 15) is 5.11 Å².